The Labute approximate surface area is 104 Å². The van der Waals surface area contributed by atoms with Crippen LogP contribution in [0.15, 0.2) is 18.2 Å². The highest BCUT2D eigenvalue weighted by Crippen LogP contribution is 2.23. The van der Waals surface area contributed by atoms with E-state index in [1.807, 2.05) is 0 Å². The Hall–Kier alpha value is -2.02. The van der Waals surface area contributed by atoms with Gasteiger partial charge in [0.2, 0.25) is 0 Å². The average molecular weight is 255 g/mol. The summed E-state index contributed by atoms with van der Waals surface area (Å²) >= 11 is 4.57. The zero-order chi connectivity index (χ0) is 12.8. The van der Waals surface area contributed by atoms with Gasteiger partial charge in [-0.1, -0.05) is 0 Å². The Morgan fingerprint density at radius 2 is 2.00 bits per heavy atom. The Morgan fingerprint density at radius 3 is 2.53 bits per heavy atom. The first kappa shape index (κ1) is 13.0. The van der Waals surface area contributed by atoms with Crippen molar-refractivity contribution in [2.75, 3.05) is 14.2 Å². The molecular weight excluding hydrogens is 242 g/mol. The van der Waals surface area contributed by atoms with E-state index in [4.69, 9.17) is 15.2 Å². The summed E-state index contributed by atoms with van der Waals surface area (Å²) in [7, 11) is 2.98. The highest BCUT2D eigenvalue weighted by atomic mass is 32.1. The maximum Gasteiger partial charge on any atom is 0.273 e. The van der Waals surface area contributed by atoms with Crippen molar-refractivity contribution in [1.29, 1.82) is 0 Å². The third-order valence-electron chi connectivity index (χ3n) is 1.95. The van der Waals surface area contributed by atoms with Crippen molar-refractivity contribution in [1.82, 2.24) is 10.9 Å². The smallest absolute Gasteiger partial charge is 0.273 e. The molecule has 4 N–H and O–H groups in total. The zero-order valence-corrected chi connectivity index (χ0v) is 10.3. The Balaban J connectivity index is 2.93. The second-order valence-corrected chi connectivity index (χ2v) is 3.45. The summed E-state index contributed by atoms with van der Waals surface area (Å²) in [6, 6.07) is 4.88. The normalized spacial score (nSPS) is 9.29. The van der Waals surface area contributed by atoms with Crippen LogP contribution >= 0.6 is 12.2 Å². The number of carbonyl (C=O) groups excluding carboxylic acids is 1. The van der Waals surface area contributed by atoms with Gasteiger partial charge in [-0.15, -0.1) is 0 Å². The number of benzene rings is 1. The third-order valence-corrected chi connectivity index (χ3v) is 2.05. The van der Waals surface area contributed by atoms with Crippen molar-refractivity contribution in [3.05, 3.63) is 23.8 Å². The van der Waals surface area contributed by atoms with Gasteiger partial charge in [-0.2, -0.15) is 0 Å². The van der Waals surface area contributed by atoms with Crippen molar-refractivity contribution in [2.24, 2.45) is 5.73 Å². The lowest BCUT2D eigenvalue weighted by atomic mass is 10.2. The first-order valence-corrected chi connectivity index (χ1v) is 5.07. The van der Waals surface area contributed by atoms with Crippen LogP contribution in [0.4, 0.5) is 0 Å². The fraction of sp³-hybridized carbons (Fsp3) is 0.200. The van der Waals surface area contributed by atoms with E-state index in [-0.39, 0.29) is 5.11 Å². The van der Waals surface area contributed by atoms with Crippen LogP contribution in [0.25, 0.3) is 0 Å². The van der Waals surface area contributed by atoms with Crippen molar-refractivity contribution in [3.63, 3.8) is 0 Å². The fourth-order valence-electron chi connectivity index (χ4n) is 1.18. The predicted octanol–water partition coefficient (Wildman–Crippen LogP) is 0.182. The van der Waals surface area contributed by atoms with Gasteiger partial charge in [0.1, 0.15) is 11.5 Å². The number of hydrogen-bond donors (Lipinski definition) is 3. The molecule has 7 heteroatoms. The van der Waals surface area contributed by atoms with Crippen LogP contribution in [0.2, 0.25) is 0 Å². The van der Waals surface area contributed by atoms with Crippen LogP contribution in [-0.2, 0) is 0 Å². The molecular formula is C10H13N3O3S. The summed E-state index contributed by atoms with van der Waals surface area (Å²) in [4.78, 5) is 11.8. The van der Waals surface area contributed by atoms with Gasteiger partial charge in [0.25, 0.3) is 5.91 Å². The van der Waals surface area contributed by atoms with Gasteiger partial charge in [-0.05, 0) is 30.4 Å². The molecule has 0 radical (unpaired) electrons. The number of ether oxygens (including phenoxy) is 2. The number of amides is 1. The maximum atomic E-state index is 11.8. The van der Waals surface area contributed by atoms with E-state index in [1.165, 1.54) is 14.2 Å². The Morgan fingerprint density at radius 1 is 1.29 bits per heavy atom. The van der Waals surface area contributed by atoms with Gasteiger partial charge in [0, 0.05) is 0 Å². The summed E-state index contributed by atoms with van der Waals surface area (Å²) in [5.41, 5.74) is 10.2. The quantitative estimate of drug-likeness (QED) is 0.528. The van der Waals surface area contributed by atoms with Crippen LogP contribution < -0.4 is 26.1 Å². The van der Waals surface area contributed by atoms with E-state index in [0.29, 0.717) is 17.1 Å². The minimum absolute atomic E-state index is 0.0276. The molecule has 0 aliphatic carbocycles. The SMILES string of the molecule is COc1ccc(OC)c(C(=O)NNC(N)=S)c1. The van der Waals surface area contributed by atoms with Crippen LogP contribution in [0, 0.1) is 0 Å². The molecule has 0 saturated heterocycles. The molecule has 0 heterocycles. The van der Waals surface area contributed by atoms with Gasteiger partial charge < -0.3 is 15.2 Å². The largest absolute Gasteiger partial charge is 0.497 e. The second-order valence-electron chi connectivity index (χ2n) is 3.01. The highest BCUT2D eigenvalue weighted by Gasteiger charge is 2.13. The zero-order valence-electron chi connectivity index (χ0n) is 9.44. The number of methoxy groups -OCH3 is 2. The molecule has 1 aromatic carbocycles. The van der Waals surface area contributed by atoms with E-state index in [9.17, 15) is 4.79 Å². The molecule has 1 aromatic rings. The molecule has 0 unspecified atom stereocenters. The van der Waals surface area contributed by atoms with Crippen molar-refractivity contribution in [3.8, 4) is 11.5 Å². The molecule has 1 rings (SSSR count). The Bertz CT molecular complexity index is 437. The number of thiocarbonyl (C=S) groups is 1. The lowest BCUT2D eigenvalue weighted by Gasteiger charge is -2.11. The molecule has 0 fully saturated rings. The molecule has 0 aromatic heterocycles. The van der Waals surface area contributed by atoms with Crippen molar-refractivity contribution < 1.29 is 14.3 Å². The number of hydrazine groups is 1. The van der Waals surface area contributed by atoms with Gasteiger partial charge in [0.15, 0.2) is 5.11 Å². The molecule has 0 aliphatic rings. The number of carbonyl (C=O) groups is 1. The van der Waals surface area contributed by atoms with Crippen molar-refractivity contribution >= 4 is 23.2 Å². The fourth-order valence-corrected chi connectivity index (χ4v) is 1.23. The molecule has 0 spiro atoms. The summed E-state index contributed by atoms with van der Waals surface area (Å²) in [5, 5.41) is -0.0276. The minimum Gasteiger partial charge on any atom is -0.497 e. The van der Waals surface area contributed by atoms with E-state index >= 15 is 0 Å². The number of nitrogens with two attached hydrogens (primary N) is 1. The monoisotopic (exact) mass is 255 g/mol. The number of nitrogens with one attached hydrogen (secondary N) is 2. The molecule has 0 saturated carbocycles. The molecule has 0 bridgehead atoms. The summed E-state index contributed by atoms with van der Waals surface area (Å²) < 4.78 is 10.1. The molecule has 1 amide bonds. The van der Waals surface area contributed by atoms with Crippen LogP contribution in [0.1, 0.15) is 10.4 Å². The van der Waals surface area contributed by atoms with Gasteiger partial charge in [-0.3, -0.25) is 15.6 Å². The topological polar surface area (TPSA) is 85.6 Å². The van der Waals surface area contributed by atoms with E-state index in [0.717, 1.165) is 0 Å². The standard InChI is InChI=1S/C10H13N3O3S/c1-15-6-3-4-8(16-2)7(5-6)9(14)12-13-10(11)17/h3-5H,1-2H3,(H,12,14)(H3,11,13,17). The van der Waals surface area contributed by atoms with E-state index in [2.05, 4.69) is 23.1 Å². The average Bonchev–Trinajstić information content (AvgIpc) is 2.34. The highest BCUT2D eigenvalue weighted by molar-refractivity contribution is 7.80. The van der Waals surface area contributed by atoms with Gasteiger partial charge >= 0.3 is 0 Å². The third kappa shape index (κ3) is 3.49. The van der Waals surface area contributed by atoms with Crippen LogP contribution in [0.3, 0.4) is 0 Å². The van der Waals surface area contributed by atoms with Gasteiger partial charge in [-0.25, -0.2) is 0 Å². The minimum atomic E-state index is -0.423. The second kappa shape index (κ2) is 5.90. The number of rotatable bonds is 3. The van der Waals surface area contributed by atoms with E-state index < -0.39 is 5.91 Å². The maximum absolute atomic E-state index is 11.8. The lowest BCUT2D eigenvalue weighted by Crippen LogP contribution is -2.44. The molecule has 0 aliphatic heterocycles. The van der Waals surface area contributed by atoms with E-state index in [1.54, 1.807) is 18.2 Å². The lowest BCUT2D eigenvalue weighted by molar-refractivity contribution is 0.0940. The molecule has 0 atom stereocenters. The van der Waals surface area contributed by atoms with Crippen molar-refractivity contribution in [2.45, 2.75) is 0 Å². The summed E-state index contributed by atoms with van der Waals surface area (Å²) in [6.45, 7) is 0. The van der Waals surface area contributed by atoms with Gasteiger partial charge in [0.05, 0.1) is 19.8 Å². The van der Waals surface area contributed by atoms with Crippen LogP contribution in [-0.4, -0.2) is 25.2 Å². The van der Waals surface area contributed by atoms with Crippen LogP contribution in [0.5, 0.6) is 11.5 Å². The summed E-state index contributed by atoms with van der Waals surface area (Å²) in [6.07, 6.45) is 0. The molecule has 92 valence electrons. The Kier molecular flexibility index (Phi) is 4.53. The first-order valence-electron chi connectivity index (χ1n) is 4.66. The molecule has 6 nitrogen and oxygen atoms in total. The predicted molar refractivity (Wildman–Crippen MR) is 66.9 cm³/mol. The number of hydrogen-bond acceptors (Lipinski definition) is 4. The summed E-state index contributed by atoms with van der Waals surface area (Å²) in [5.74, 6) is 0.549. The molecule has 17 heavy (non-hydrogen) atoms. The first-order chi connectivity index (χ1) is 8.08.